The molecule has 0 saturated carbocycles. The number of aromatic nitrogens is 1. The molecule has 3 amide bonds. The number of ether oxygens (including phenoxy) is 1. The van der Waals surface area contributed by atoms with Crippen LogP contribution in [0.4, 0.5) is 15.8 Å². The number of anilines is 2. The molecule has 1 fully saturated rings. The fourth-order valence-electron chi connectivity index (χ4n) is 5.13. The van der Waals surface area contributed by atoms with Gasteiger partial charge in [0.05, 0.1) is 16.6 Å². The van der Waals surface area contributed by atoms with Crippen molar-refractivity contribution in [2.75, 3.05) is 16.8 Å². The van der Waals surface area contributed by atoms with E-state index in [4.69, 9.17) is 16.3 Å². The van der Waals surface area contributed by atoms with Crippen molar-refractivity contribution in [3.8, 4) is 5.75 Å². The summed E-state index contributed by atoms with van der Waals surface area (Å²) in [6.07, 6.45) is 0. The molecule has 1 saturated heterocycles. The van der Waals surface area contributed by atoms with E-state index in [0.29, 0.717) is 26.2 Å². The monoisotopic (exact) mass is 609 g/mol. The van der Waals surface area contributed by atoms with Crippen molar-refractivity contribution in [3.05, 3.63) is 103 Å². The molecule has 8 nitrogen and oxygen atoms in total. The Labute approximate surface area is 246 Å². The van der Waals surface area contributed by atoms with Crippen LogP contribution in [0.1, 0.15) is 21.9 Å². The quantitative estimate of drug-likeness (QED) is 0.285. The van der Waals surface area contributed by atoms with E-state index in [1.807, 2.05) is 25.1 Å². The van der Waals surface area contributed by atoms with Gasteiger partial charge < -0.3 is 15.0 Å². The number of aromatic amines is 1. The number of thioether (sulfide) groups is 1. The third-order valence-corrected chi connectivity index (χ3v) is 9.63. The molecule has 208 valence electrons. The molecule has 2 aliphatic rings. The number of nitrogens with one attached hydrogen (secondary N) is 2. The van der Waals surface area contributed by atoms with Crippen molar-refractivity contribution in [2.45, 2.75) is 23.1 Å². The summed E-state index contributed by atoms with van der Waals surface area (Å²) in [5.74, 6) is -3.23. The van der Waals surface area contributed by atoms with Crippen molar-refractivity contribution >= 4 is 63.8 Å². The van der Waals surface area contributed by atoms with Crippen molar-refractivity contribution < 1.29 is 23.5 Å². The minimum absolute atomic E-state index is 0.252. The molecule has 2 aliphatic heterocycles. The number of carbonyl (C=O) groups excluding carboxylic acids is 3. The number of hydrogen-bond acceptors (Lipinski definition) is 7. The maximum Gasteiger partial charge on any atom is 0.305 e. The van der Waals surface area contributed by atoms with Crippen LogP contribution in [-0.2, 0) is 14.4 Å². The molecule has 6 rings (SSSR count). The van der Waals surface area contributed by atoms with Crippen LogP contribution < -0.4 is 19.8 Å². The lowest BCUT2D eigenvalue weighted by Crippen LogP contribution is -2.32. The van der Waals surface area contributed by atoms with Crippen LogP contribution in [0.5, 0.6) is 5.75 Å². The third-order valence-electron chi connectivity index (χ3n) is 6.99. The fraction of sp³-hybridized carbons (Fsp3) is 0.172. The maximum atomic E-state index is 13.9. The Morgan fingerprint density at radius 3 is 2.59 bits per heavy atom. The molecule has 0 spiro atoms. The van der Waals surface area contributed by atoms with Gasteiger partial charge in [0.2, 0.25) is 11.8 Å². The molecular weight excluding hydrogens is 589 g/mol. The highest BCUT2D eigenvalue weighted by Crippen LogP contribution is 2.54. The molecular formula is C29H21ClFN3O5S2. The zero-order chi connectivity index (χ0) is 28.8. The number of rotatable bonds is 6. The Kier molecular flexibility index (Phi) is 7.18. The molecule has 2 N–H and O–H groups in total. The summed E-state index contributed by atoms with van der Waals surface area (Å²) in [6.45, 7) is 1.55. The van der Waals surface area contributed by atoms with Gasteiger partial charge in [-0.15, -0.1) is 0 Å². The summed E-state index contributed by atoms with van der Waals surface area (Å²) in [7, 11) is 0. The first-order chi connectivity index (χ1) is 19.7. The lowest BCUT2D eigenvalue weighted by molar-refractivity contribution is -0.122. The topological polar surface area (TPSA) is 109 Å². The van der Waals surface area contributed by atoms with Crippen LogP contribution in [0, 0.1) is 18.7 Å². The number of para-hydroxylation sites is 1. The molecule has 0 radical (unpaired) electrons. The molecule has 41 heavy (non-hydrogen) atoms. The highest BCUT2D eigenvalue weighted by molar-refractivity contribution is 8.00. The van der Waals surface area contributed by atoms with E-state index in [1.165, 1.54) is 24.3 Å². The number of hydrogen-bond donors (Lipinski definition) is 2. The smallest absolute Gasteiger partial charge is 0.305 e. The lowest BCUT2D eigenvalue weighted by atomic mass is 9.82. The van der Waals surface area contributed by atoms with Gasteiger partial charge >= 0.3 is 4.87 Å². The number of halogens is 2. The molecule has 1 aromatic heterocycles. The Balaban J connectivity index is 1.37. The zero-order valence-corrected chi connectivity index (χ0v) is 23.7. The van der Waals surface area contributed by atoms with Gasteiger partial charge in [-0.25, -0.2) is 9.29 Å². The highest BCUT2D eigenvalue weighted by Gasteiger charge is 2.56. The molecule has 0 bridgehead atoms. The first-order valence-corrected chi connectivity index (χ1v) is 14.6. The summed E-state index contributed by atoms with van der Waals surface area (Å²) in [5, 5.41) is 2.80. The summed E-state index contributed by atoms with van der Waals surface area (Å²) in [5.41, 5.74) is 2.27. The van der Waals surface area contributed by atoms with Gasteiger partial charge in [0.25, 0.3) is 5.91 Å². The normalized spacial score (nSPS) is 19.6. The average molecular weight is 610 g/mol. The summed E-state index contributed by atoms with van der Waals surface area (Å²) in [6, 6.07) is 17.3. The first kappa shape index (κ1) is 27.3. The summed E-state index contributed by atoms with van der Waals surface area (Å²) >= 11 is 8.47. The van der Waals surface area contributed by atoms with E-state index in [2.05, 4.69) is 10.3 Å². The van der Waals surface area contributed by atoms with Crippen LogP contribution in [0.3, 0.4) is 0 Å². The van der Waals surface area contributed by atoms with E-state index in [0.717, 1.165) is 33.6 Å². The number of fused-ring (bicyclic) bond motifs is 2. The third kappa shape index (κ3) is 5.05. The Morgan fingerprint density at radius 1 is 1.07 bits per heavy atom. The number of benzene rings is 3. The van der Waals surface area contributed by atoms with E-state index in [1.54, 1.807) is 24.3 Å². The van der Waals surface area contributed by atoms with Crippen molar-refractivity contribution in [2.24, 2.45) is 5.92 Å². The molecule has 3 atom stereocenters. The van der Waals surface area contributed by atoms with Crippen molar-refractivity contribution in [1.29, 1.82) is 0 Å². The van der Waals surface area contributed by atoms with Crippen molar-refractivity contribution in [3.63, 3.8) is 0 Å². The molecule has 3 unspecified atom stereocenters. The number of aryl methyl sites for hydroxylation is 1. The van der Waals surface area contributed by atoms with Gasteiger partial charge in [0.15, 0.2) is 6.61 Å². The first-order valence-electron chi connectivity index (χ1n) is 12.5. The largest absolute Gasteiger partial charge is 0.483 e. The number of amides is 3. The molecule has 12 heteroatoms. The van der Waals surface area contributed by atoms with Gasteiger partial charge in [-0.1, -0.05) is 52.9 Å². The molecule has 3 aromatic carbocycles. The Hall–Kier alpha value is -3.93. The number of H-pyrrole nitrogens is 1. The Morgan fingerprint density at radius 2 is 1.83 bits per heavy atom. The van der Waals surface area contributed by atoms with Crippen LogP contribution in [0.25, 0.3) is 0 Å². The minimum atomic E-state index is -0.905. The second-order valence-electron chi connectivity index (χ2n) is 9.57. The molecule has 0 aliphatic carbocycles. The van der Waals surface area contributed by atoms with Crippen molar-refractivity contribution in [1.82, 2.24) is 4.98 Å². The number of imide groups is 1. The predicted octanol–water partition coefficient (Wildman–Crippen LogP) is 5.35. The van der Waals surface area contributed by atoms with Crippen LogP contribution >= 0.6 is 34.7 Å². The minimum Gasteiger partial charge on any atom is -0.483 e. The van der Waals surface area contributed by atoms with Gasteiger partial charge in [0, 0.05) is 27.1 Å². The lowest BCUT2D eigenvalue weighted by Gasteiger charge is -2.31. The number of carbonyl (C=O) groups is 3. The van der Waals surface area contributed by atoms with Crippen LogP contribution in [0.2, 0.25) is 5.02 Å². The van der Waals surface area contributed by atoms with E-state index in [-0.39, 0.29) is 28.8 Å². The average Bonchev–Trinajstić information content (AvgIpc) is 3.44. The van der Waals surface area contributed by atoms with Crippen LogP contribution in [0.15, 0.2) is 76.6 Å². The standard InChI is InChI=1S/C29H21ClFN3O5S2/c1-14-4-2-3-5-19(14)32-21(35)13-39-20-11-6-15(30)12-18(20)22-23-25(40-26-24(22)41-29(38)33-26)28(37)34(27(23)36)17-9-7-16(31)8-10-17/h2-12,22-23,25H,13H2,1H3,(H,32,35)(H,33,38). The predicted molar refractivity (Wildman–Crippen MR) is 156 cm³/mol. The number of nitrogens with zero attached hydrogens (tertiary/aromatic N) is 1. The second-order valence-corrected chi connectivity index (χ2v) is 12.2. The number of thiazole rings is 1. The zero-order valence-electron chi connectivity index (χ0n) is 21.4. The second kappa shape index (κ2) is 10.8. The molecule has 4 aromatic rings. The van der Waals surface area contributed by atoms with Gasteiger partial charge in [-0.3, -0.25) is 19.2 Å². The van der Waals surface area contributed by atoms with E-state index < -0.39 is 34.7 Å². The van der Waals surface area contributed by atoms with E-state index in [9.17, 15) is 23.6 Å². The summed E-state index contributed by atoms with van der Waals surface area (Å²) < 4.78 is 19.6. The molecule has 3 heterocycles. The SMILES string of the molecule is Cc1ccccc1NC(=O)COc1ccc(Cl)cc1C1c2sc(=O)[nH]c2SC2C(=O)N(c3ccc(F)cc3)C(=O)C21. The van der Waals surface area contributed by atoms with Gasteiger partial charge in [-0.2, -0.15) is 0 Å². The fourth-order valence-corrected chi connectivity index (χ4v) is 7.82. The van der Waals surface area contributed by atoms with Gasteiger partial charge in [-0.05, 0) is 61.0 Å². The van der Waals surface area contributed by atoms with E-state index >= 15 is 0 Å². The Bertz CT molecular complexity index is 1760. The summed E-state index contributed by atoms with van der Waals surface area (Å²) in [4.78, 5) is 56.8. The maximum absolute atomic E-state index is 13.9. The highest BCUT2D eigenvalue weighted by atomic mass is 35.5. The van der Waals surface area contributed by atoms with Gasteiger partial charge in [0.1, 0.15) is 16.8 Å². The van der Waals surface area contributed by atoms with Crippen LogP contribution in [-0.4, -0.2) is 34.6 Å².